The molecule has 0 aliphatic carbocycles. The minimum absolute atomic E-state index is 0.0245. The zero-order valence-electron chi connectivity index (χ0n) is 15.3. The van der Waals surface area contributed by atoms with E-state index in [-0.39, 0.29) is 11.6 Å². The zero-order valence-corrected chi connectivity index (χ0v) is 16.1. The third kappa shape index (κ3) is 4.26. The van der Waals surface area contributed by atoms with Gasteiger partial charge in [-0.05, 0) is 55.9 Å². The molecule has 1 saturated heterocycles. The Hall–Kier alpha value is -3.04. The van der Waals surface area contributed by atoms with E-state index in [4.69, 9.17) is 17.0 Å². The molecule has 1 aromatic heterocycles. The molecule has 28 heavy (non-hydrogen) atoms. The molecule has 0 saturated carbocycles. The maximum absolute atomic E-state index is 12.7. The van der Waals surface area contributed by atoms with Crippen LogP contribution in [0.5, 0.6) is 0 Å². The minimum atomic E-state index is -0.440. The third-order valence-electron chi connectivity index (χ3n) is 4.25. The lowest BCUT2D eigenvalue weighted by atomic mass is 10.2. The topological polar surface area (TPSA) is 89.6 Å². The summed E-state index contributed by atoms with van der Waals surface area (Å²) in [6, 6.07) is 9.90. The highest BCUT2D eigenvalue weighted by atomic mass is 32.1. The number of carbonyl (C=O) groups excluding carboxylic acids is 1. The summed E-state index contributed by atoms with van der Waals surface area (Å²) in [6.45, 7) is 3.63. The second-order valence-corrected chi connectivity index (χ2v) is 6.46. The highest BCUT2D eigenvalue weighted by Gasteiger charge is 2.30. The van der Waals surface area contributed by atoms with Crippen molar-refractivity contribution >= 4 is 35.0 Å². The average molecular weight is 400 g/mol. The van der Waals surface area contributed by atoms with Crippen LogP contribution in [0.1, 0.15) is 19.0 Å². The lowest BCUT2D eigenvalue weighted by Gasteiger charge is -2.13. The number of hydrogen-bond donors (Lipinski definition) is 1. The van der Waals surface area contributed by atoms with Gasteiger partial charge in [0.1, 0.15) is 5.70 Å². The molecule has 1 aromatic carbocycles. The number of aromatic nitrogens is 1. The van der Waals surface area contributed by atoms with E-state index < -0.39 is 4.92 Å². The summed E-state index contributed by atoms with van der Waals surface area (Å²) in [5.74, 6) is -0.182. The number of hydrogen-bond acceptors (Lipinski definition) is 5. The molecule has 1 aliphatic rings. The van der Waals surface area contributed by atoms with Crippen LogP contribution >= 0.6 is 12.2 Å². The number of carbonyl (C=O) groups is 1. The number of non-ortho nitro benzene ring substituents is 1. The van der Waals surface area contributed by atoms with Gasteiger partial charge in [0.25, 0.3) is 11.6 Å². The van der Waals surface area contributed by atoms with Gasteiger partial charge in [-0.15, -0.1) is 0 Å². The fourth-order valence-electron chi connectivity index (χ4n) is 2.87. The van der Waals surface area contributed by atoms with Crippen molar-refractivity contribution in [3.05, 3.63) is 64.1 Å². The number of rotatable bonds is 8. The summed E-state index contributed by atoms with van der Waals surface area (Å²) < 4.78 is 7.14. The molecule has 9 heteroatoms. The van der Waals surface area contributed by atoms with Gasteiger partial charge in [0.05, 0.1) is 4.92 Å². The molecule has 0 spiro atoms. The predicted octanol–water partition coefficient (Wildman–Crippen LogP) is 2.87. The van der Waals surface area contributed by atoms with Crippen LogP contribution in [0.25, 0.3) is 11.8 Å². The van der Waals surface area contributed by atoms with Crippen molar-refractivity contribution in [2.24, 2.45) is 0 Å². The Morgan fingerprint density at radius 3 is 2.71 bits per heavy atom. The van der Waals surface area contributed by atoms with Crippen LogP contribution in [0.4, 0.5) is 5.69 Å². The van der Waals surface area contributed by atoms with Crippen molar-refractivity contribution in [2.45, 2.75) is 13.3 Å². The van der Waals surface area contributed by atoms with Crippen LogP contribution in [-0.2, 0) is 9.53 Å². The second-order valence-electron chi connectivity index (χ2n) is 6.07. The number of nitrogens with one attached hydrogen (secondary N) is 1. The fraction of sp³-hybridized carbons (Fsp3) is 0.263. The SMILES string of the molecule is CCOCCCN1C(=O)/C(=C\c2cccn2-c2ccc([N+](=O)[O-])cc2)NC1=S. The largest absolute Gasteiger partial charge is 0.382 e. The molecule has 2 heterocycles. The first kappa shape index (κ1) is 19.7. The fourth-order valence-corrected chi connectivity index (χ4v) is 3.16. The van der Waals surface area contributed by atoms with Gasteiger partial charge in [-0.25, -0.2) is 0 Å². The van der Waals surface area contributed by atoms with Crippen LogP contribution in [0, 0.1) is 10.1 Å². The molecule has 8 nitrogen and oxygen atoms in total. The average Bonchev–Trinajstić information content (AvgIpc) is 3.24. The van der Waals surface area contributed by atoms with E-state index in [0.29, 0.717) is 37.0 Å². The van der Waals surface area contributed by atoms with Crippen molar-refractivity contribution < 1.29 is 14.5 Å². The zero-order chi connectivity index (χ0) is 20.1. The van der Waals surface area contributed by atoms with Crippen LogP contribution in [0.3, 0.4) is 0 Å². The van der Waals surface area contributed by atoms with Gasteiger partial charge >= 0.3 is 0 Å². The molecule has 2 aromatic rings. The van der Waals surface area contributed by atoms with E-state index >= 15 is 0 Å². The number of nitrogens with zero attached hydrogens (tertiary/aromatic N) is 3. The summed E-state index contributed by atoms with van der Waals surface area (Å²) in [5, 5.41) is 14.2. The molecule has 1 fully saturated rings. The Bertz CT molecular complexity index is 920. The Morgan fingerprint density at radius 1 is 1.29 bits per heavy atom. The number of thiocarbonyl (C=S) groups is 1. The maximum atomic E-state index is 12.7. The summed E-state index contributed by atoms with van der Waals surface area (Å²) in [6.07, 6.45) is 4.25. The second kappa shape index (κ2) is 8.77. The number of amides is 1. The Balaban J connectivity index is 1.77. The molecule has 1 N–H and O–H groups in total. The highest BCUT2D eigenvalue weighted by Crippen LogP contribution is 2.20. The van der Waals surface area contributed by atoms with Gasteiger partial charge in [0, 0.05) is 49.5 Å². The summed E-state index contributed by atoms with van der Waals surface area (Å²) >= 11 is 5.27. The molecule has 1 amide bonds. The normalized spacial score (nSPS) is 15.3. The van der Waals surface area contributed by atoms with Gasteiger partial charge in [0.2, 0.25) is 0 Å². The van der Waals surface area contributed by atoms with E-state index in [1.807, 2.05) is 29.8 Å². The Morgan fingerprint density at radius 2 is 2.04 bits per heavy atom. The van der Waals surface area contributed by atoms with E-state index in [1.54, 1.807) is 18.2 Å². The predicted molar refractivity (Wildman–Crippen MR) is 109 cm³/mol. The van der Waals surface area contributed by atoms with Crippen molar-refractivity contribution in [1.82, 2.24) is 14.8 Å². The van der Waals surface area contributed by atoms with Crippen molar-refractivity contribution in [1.29, 1.82) is 0 Å². The van der Waals surface area contributed by atoms with Gasteiger partial charge in [-0.1, -0.05) is 0 Å². The lowest BCUT2D eigenvalue weighted by Crippen LogP contribution is -2.32. The summed E-state index contributed by atoms with van der Waals surface area (Å²) in [5.41, 5.74) is 1.92. The van der Waals surface area contributed by atoms with Gasteiger partial charge in [-0.2, -0.15) is 0 Å². The van der Waals surface area contributed by atoms with Crippen molar-refractivity contribution in [3.8, 4) is 5.69 Å². The molecule has 146 valence electrons. The van der Waals surface area contributed by atoms with Crippen LogP contribution < -0.4 is 5.32 Å². The van der Waals surface area contributed by atoms with Crippen LogP contribution in [0.2, 0.25) is 0 Å². The van der Waals surface area contributed by atoms with E-state index in [1.165, 1.54) is 17.0 Å². The third-order valence-corrected chi connectivity index (χ3v) is 4.57. The van der Waals surface area contributed by atoms with Gasteiger partial charge in [-0.3, -0.25) is 19.8 Å². The number of ether oxygens (including phenoxy) is 1. The Labute approximate surface area is 167 Å². The molecule has 0 bridgehead atoms. The van der Waals surface area contributed by atoms with E-state index in [2.05, 4.69) is 5.32 Å². The number of benzene rings is 1. The highest BCUT2D eigenvalue weighted by molar-refractivity contribution is 7.80. The molecule has 1 aliphatic heterocycles. The molecular weight excluding hydrogens is 380 g/mol. The monoisotopic (exact) mass is 400 g/mol. The smallest absolute Gasteiger partial charge is 0.276 e. The molecule has 0 atom stereocenters. The molecular formula is C19H20N4O4S. The van der Waals surface area contributed by atoms with Gasteiger partial charge in [0.15, 0.2) is 5.11 Å². The molecule has 0 radical (unpaired) electrons. The first-order valence-electron chi connectivity index (χ1n) is 8.85. The first-order valence-corrected chi connectivity index (χ1v) is 9.26. The lowest BCUT2D eigenvalue weighted by molar-refractivity contribution is -0.384. The summed E-state index contributed by atoms with van der Waals surface area (Å²) in [4.78, 5) is 24.6. The maximum Gasteiger partial charge on any atom is 0.276 e. The van der Waals surface area contributed by atoms with Crippen molar-refractivity contribution in [2.75, 3.05) is 19.8 Å². The summed E-state index contributed by atoms with van der Waals surface area (Å²) in [7, 11) is 0. The van der Waals surface area contributed by atoms with E-state index in [9.17, 15) is 14.9 Å². The number of nitro groups is 1. The standard InChI is InChI=1S/C19H20N4O4S/c1-2-27-12-4-11-22-18(24)17(20-19(22)28)13-16-5-3-10-21(16)14-6-8-15(9-7-14)23(25)26/h3,5-10,13H,2,4,11-12H2,1H3,(H,20,28)/b17-13+. The van der Waals surface area contributed by atoms with Gasteiger partial charge < -0.3 is 14.6 Å². The molecule has 3 rings (SSSR count). The van der Waals surface area contributed by atoms with Crippen LogP contribution in [-0.4, -0.2) is 45.2 Å². The van der Waals surface area contributed by atoms with E-state index in [0.717, 1.165) is 11.4 Å². The Kier molecular flexibility index (Phi) is 6.17. The minimum Gasteiger partial charge on any atom is -0.382 e. The van der Waals surface area contributed by atoms with Crippen LogP contribution in [0.15, 0.2) is 48.3 Å². The number of nitro benzene ring substituents is 1. The first-order chi connectivity index (χ1) is 13.5. The quantitative estimate of drug-likeness (QED) is 0.241. The molecule has 0 unspecified atom stereocenters. The van der Waals surface area contributed by atoms with Crippen molar-refractivity contribution in [3.63, 3.8) is 0 Å².